The Labute approximate surface area is 202 Å². The number of likely N-dealkylation sites (tertiary alicyclic amines) is 1. The van der Waals surface area contributed by atoms with Crippen molar-refractivity contribution in [1.29, 1.82) is 0 Å². The minimum Gasteiger partial charge on any atom is -0.491 e. The fraction of sp³-hybridized carbons (Fsp3) is 0.556. The van der Waals surface area contributed by atoms with Crippen LogP contribution in [-0.4, -0.2) is 52.6 Å². The summed E-state index contributed by atoms with van der Waals surface area (Å²) >= 11 is 6.24. The van der Waals surface area contributed by atoms with E-state index in [1.165, 1.54) is 12.0 Å². The molecule has 1 aliphatic carbocycles. The lowest BCUT2D eigenvalue weighted by Gasteiger charge is -2.39. The summed E-state index contributed by atoms with van der Waals surface area (Å²) in [5.41, 5.74) is 0.668. The maximum absolute atomic E-state index is 11.1. The van der Waals surface area contributed by atoms with E-state index in [1.807, 2.05) is 37.3 Å². The molecule has 0 aromatic heterocycles. The molecule has 1 saturated heterocycles. The van der Waals surface area contributed by atoms with Crippen LogP contribution in [0, 0.1) is 6.92 Å². The van der Waals surface area contributed by atoms with Crippen molar-refractivity contribution in [2.24, 2.45) is 0 Å². The Hall–Kier alpha value is -1.79. The minimum absolute atomic E-state index is 0.225. The Morgan fingerprint density at radius 1 is 0.879 bits per heavy atom. The molecule has 5 nitrogen and oxygen atoms in total. The molecule has 180 valence electrons. The van der Waals surface area contributed by atoms with Gasteiger partial charge in [-0.3, -0.25) is 4.90 Å². The molecule has 2 N–H and O–H groups in total. The summed E-state index contributed by atoms with van der Waals surface area (Å²) in [6.07, 6.45) is 6.62. The molecule has 2 aromatic carbocycles. The van der Waals surface area contributed by atoms with E-state index >= 15 is 0 Å². The molecule has 1 unspecified atom stereocenters. The predicted octanol–water partition coefficient (Wildman–Crippen LogP) is 5.13. The second-order valence-electron chi connectivity index (χ2n) is 9.98. The quantitative estimate of drug-likeness (QED) is 0.556. The highest BCUT2D eigenvalue weighted by molar-refractivity contribution is 6.32. The van der Waals surface area contributed by atoms with Gasteiger partial charge in [0.05, 0.1) is 10.6 Å². The van der Waals surface area contributed by atoms with Gasteiger partial charge in [-0.1, -0.05) is 49.1 Å². The van der Waals surface area contributed by atoms with Gasteiger partial charge in [-0.2, -0.15) is 0 Å². The average molecular weight is 474 g/mol. The van der Waals surface area contributed by atoms with Crippen molar-refractivity contribution in [2.45, 2.75) is 69.6 Å². The zero-order chi connectivity index (χ0) is 23.3. The van der Waals surface area contributed by atoms with Crippen LogP contribution in [-0.2, 0) is 6.54 Å². The molecule has 33 heavy (non-hydrogen) atoms. The van der Waals surface area contributed by atoms with Crippen LogP contribution < -0.4 is 9.47 Å². The van der Waals surface area contributed by atoms with Gasteiger partial charge in [-0.15, -0.1) is 0 Å². The Bertz CT molecular complexity index is 913. The number of piperidine rings is 1. The van der Waals surface area contributed by atoms with Crippen LogP contribution >= 0.6 is 11.6 Å². The van der Waals surface area contributed by atoms with E-state index in [2.05, 4.69) is 17.0 Å². The largest absolute Gasteiger partial charge is 0.491 e. The first kappa shape index (κ1) is 24.3. The molecule has 1 saturated carbocycles. The lowest BCUT2D eigenvalue weighted by molar-refractivity contribution is -0.0621. The third-order valence-corrected chi connectivity index (χ3v) is 7.15. The SMILES string of the molecule is Cc1ccc(Cl)c(OCC2(O)CCCN(Cc3ccc(OCC4(O)CCCCC4)cc3)C2)c1. The molecule has 0 radical (unpaired) electrons. The highest BCUT2D eigenvalue weighted by Gasteiger charge is 2.34. The molecule has 0 bridgehead atoms. The monoisotopic (exact) mass is 473 g/mol. The molecular formula is C27H36ClNO4. The summed E-state index contributed by atoms with van der Waals surface area (Å²) in [6, 6.07) is 13.8. The fourth-order valence-electron chi connectivity index (χ4n) is 4.91. The van der Waals surface area contributed by atoms with Gasteiger partial charge in [0.15, 0.2) is 0 Å². The summed E-state index contributed by atoms with van der Waals surface area (Å²) in [4.78, 5) is 2.27. The average Bonchev–Trinajstić information content (AvgIpc) is 2.80. The number of aliphatic hydroxyl groups is 2. The predicted molar refractivity (Wildman–Crippen MR) is 131 cm³/mol. The van der Waals surface area contributed by atoms with Gasteiger partial charge in [-0.05, 0) is 74.5 Å². The van der Waals surface area contributed by atoms with Crippen LogP contribution in [0.1, 0.15) is 56.1 Å². The van der Waals surface area contributed by atoms with Crippen LogP contribution in [0.5, 0.6) is 11.5 Å². The molecule has 1 atom stereocenters. The van der Waals surface area contributed by atoms with Gasteiger partial charge in [-0.25, -0.2) is 0 Å². The van der Waals surface area contributed by atoms with Gasteiger partial charge in [0.1, 0.15) is 30.3 Å². The lowest BCUT2D eigenvalue weighted by atomic mass is 9.85. The summed E-state index contributed by atoms with van der Waals surface area (Å²) in [5, 5.41) is 22.3. The Morgan fingerprint density at radius 2 is 1.58 bits per heavy atom. The topological polar surface area (TPSA) is 62.2 Å². The molecule has 2 aromatic rings. The van der Waals surface area contributed by atoms with Crippen LogP contribution in [0.4, 0.5) is 0 Å². The van der Waals surface area contributed by atoms with Crippen molar-refractivity contribution in [3.63, 3.8) is 0 Å². The molecule has 0 amide bonds. The Balaban J connectivity index is 1.28. The first-order chi connectivity index (χ1) is 15.8. The number of aryl methyl sites for hydroxylation is 1. The molecule has 2 fully saturated rings. The zero-order valence-electron chi connectivity index (χ0n) is 19.6. The number of hydrogen-bond donors (Lipinski definition) is 2. The third kappa shape index (κ3) is 6.86. The molecule has 1 heterocycles. The smallest absolute Gasteiger partial charge is 0.138 e. The highest BCUT2D eigenvalue weighted by Crippen LogP contribution is 2.30. The van der Waals surface area contributed by atoms with Crippen LogP contribution in [0.25, 0.3) is 0 Å². The zero-order valence-corrected chi connectivity index (χ0v) is 20.3. The molecule has 6 heteroatoms. The van der Waals surface area contributed by atoms with Crippen LogP contribution in [0.15, 0.2) is 42.5 Å². The third-order valence-electron chi connectivity index (χ3n) is 6.84. The number of rotatable bonds is 8. The van der Waals surface area contributed by atoms with E-state index < -0.39 is 11.2 Å². The number of β-amino-alcohol motifs (C(OH)–C–C–N with tert-alkyl or cyclic N) is 1. The van der Waals surface area contributed by atoms with Crippen molar-refractivity contribution < 1.29 is 19.7 Å². The van der Waals surface area contributed by atoms with Gasteiger partial charge >= 0.3 is 0 Å². The van der Waals surface area contributed by atoms with E-state index in [4.69, 9.17) is 21.1 Å². The minimum atomic E-state index is -0.899. The maximum Gasteiger partial charge on any atom is 0.138 e. The number of hydrogen-bond acceptors (Lipinski definition) is 5. The summed E-state index contributed by atoms with van der Waals surface area (Å²) in [5.74, 6) is 1.41. The standard InChI is InChI=1S/C27H36ClNO4/c1-21-6-11-24(28)25(16-21)33-20-27(31)14-5-15-29(18-27)17-22-7-9-23(10-8-22)32-19-26(30)12-3-2-4-13-26/h6-11,16,30-31H,2-5,12-15,17-20H2,1H3. The second kappa shape index (κ2) is 10.6. The van der Waals surface area contributed by atoms with E-state index in [0.717, 1.165) is 56.5 Å². The molecular weight excluding hydrogens is 438 g/mol. The number of halogens is 1. The highest BCUT2D eigenvalue weighted by atomic mass is 35.5. The first-order valence-electron chi connectivity index (χ1n) is 12.1. The van der Waals surface area contributed by atoms with Gasteiger partial charge < -0.3 is 19.7 Å². The Kier molecular flexibility index (Phi) is 7.85. The van der Waals surface area contributed by atoms with E-state index in [0.29, 0.717) is 30.3 Å². The Morgan fingerprint density at radius 3 is 2.33 bits per heavy atom. The van der Waals surface area contributed by atoms with Gasteiger partial charge in [0.2, 0.25) is 0 Å². The summed E-state index contributed by atoms with van der Waals surface area (Å²) in [6.45, 7) is 4.84. The van der Waals surface area contributed by atoms with E-state index in [-0.39, 0.29) is 6.61 Å². The van der Waals surface area contributed by atoms with E-state index in [1.54, 1.807) is 0 Å². The van der Waals surface area contributed by atoms with Crippen molar-refractivity contribution in [1.82, 2.24) is 4.90 Å². The van der Waals surface area contributed by atoms with Crippen LogP contribution in [0.2, 0.25) is 5.02 Å². The normalized spacial score (nSPS) is 23.3. The second-order valence-corrected chi connectivity index (χ2v) is 10.4. The lowest BCUT2D eigenvalue weighted by Crippen LogP contribution is -2.51. The number of benzene rings is 2. The van der Waals surface area contributed by atoms with Crippen LogP contribution in [0.3, 0.4) is 0 Å². The molecule has 0 spiro atoms. The van der Waals surface area contributed by atoms with Crippen molar-refractivity contribution >= 4 is 11.6 Å². The van der Waals surface area contributed by atoms with Crippen molar-refractivity contribution in [3.8, 4) is 11.5 Å². The summed E-state index contributed by atoms with van der Waals surface area (Å²) < 4.78 is 11.8. The molecule has 2 aliphatic rings. The van der Waals surface area contributed by atoms with Crippen molar-refractivity contribution in [2.75, 3.05) is 26.3 Å². The van der Waals surface area contributed by atoms with Gasteiger partial charge in [0.25, 0.3) is 0 Å². The molecule has 4 rings (SSSR count). The summed E-state index contributed by atoms with van der Waals surface area (Å²) in [7, 11) is 0. The van der Waals surface area contributed by atoms with Gasteiger partial charge in [0, 0.05) is 13.1 Å². The first-order valence-corrected chi connectivity index (χ1v) is 12.5. The molecule has 1 aliphatic heterocycles. The maximum atomic E-state index is 11.1. The van der Waals surface area contributed by atoms with Crippen molar-refractivity contribution in [3.05, 3.63) is 58.6 Å². The fourth-order valence-corrected chi connectivity index (χ4v) is 5.09. The number of nitrogens with zero attached hydrogens (tertiary/aromatic N) is 1. The number of ether oxygens (including phenoxy) is 2. The van der Waals surface area contributed by atoms with E-state index in [9.17, 15) is 10.2 Å².